The number of ether oxygens (including phenoxy) is 1. The van der Waals surface area contributed by atoms with Crippen molar-refractivity contribution in [2.24, 2.45) is 0 Å². The number of benzene rings is 1. The van der Waals surface area contributed by atoms with Crippen LogP contribution >= 0.6 is 0 Å². The normalized spacial score (nSPS) is 12.2. The Kier molecular flexibility index (Phi) is 4.57. The van der Waals surface area contributed by atoms with Crippen molar-refractivity contribution in [3.63, 3.8) is 0 Å². The Morgan fingerprint density at radius 2 is 2.00 bits per heavy atom. The lowest BCUT2D eigenvalue weighted by molar-refractivity contribution is 0.395. The molecule has 6 heteroatoms. The molecule has 1 heterocycles. The van der Waals surface area contributed by atoms with Crippen LogP contribution < -0.4 is 10.1 Å². The molecule has 1 atom stereocenters. The maximum absolute atomic E-state index is 13.3. The predicted octanol–water partition coefficient (Wildman–Crippen LogP) is 2.27. The maximum Gasteiger partial charge on any atom is 0.216 e. The van der Waals surface area contributed by atoms with E-state index < -0.39 is 11.6 Å². The highest BCUT2D eigenvalue weighted by Crippen LogP contribution is 2.20. The number of hydrogen-bond donors (Lipinski definition) is 1. The fraction of sp³-hybridized carbons (Fsp3) is 0.286. The molecule has 0 radical (unpaired) electrons. The van der Waals surface area contributed by atoms with E-state index >= 15 is 0 Å². The molecular formula is C14H15F2N3O. The highest BCUT2D eigenvalue weighted by Gasteiger charge is 2.14. The molecule has 1 aromatic heterocycles. The average molecular weight is 279 g/mol. The van der Waals surface area contributed by atoms with Gasteiger partial charge in [-0.3, -0.25) is 0 Å². The molecule has 20 heavy (non-hydrogen) atoms. The van der Waals surface area contributed by atoms with E-state index in [4.69, 9.17) is 4.74 Å². The van der Waals surface area contributed by atoms with Gasteiger partial charge < -0.3 is 10.1 Å². The quantitative estimate of drug-likeness (QED) is 0.912. The van der Waals surface area contributed by atoms with Crippen LogP contribution in [0.1, 0.15) is 17.3 Å². The Labute approximate surface area is 115 Å². The third kappa shape index (κ3) is 3.27. The summed E-state index contributed by atoms with van der Waals surface area (Å²) in [7, 11) is 3.28. The van der Waals surface area contributed by atoms with Crippen molar-refractivity contribution in [3.8, 4) is 5.88 Å². The molecule has 0 fully saturated rings. The number of nitrogens with one attached hydrogen (secondary N) is 1. The molecule has 1 N–H and O–H groups in total. The van der Waals surface area contributed by atoms with Crippen molar-refractivity contribution >= 4 is 0 Å². The minimum absolute atomic E-state index is 0.176. The van der Waals surface area contributed by atoms with Gasteiger partial charge in [0.2, 0.25) is 5.88 Å². The molecular weight excluding hydrogens is 264 g/mol. The van der Waals surface area contributed by atoms with E-state index in [0.29, 0.717) is 17.9 Å². The smallest absolute Gasteiger partial charge is 0.216 e. The van der Waals surface area contributed by atoms with Crippen molar-refractivity contribution in [2.75, 3.05) is 14.2 Å². The molecule has 0 saturated heterocycles. The van der Waals surface area contributed by atoms with E-state index in [1.807, 2.05) is 0 Å². The number of halogens is 2. The van der Waals surface area contributed by atoms with Crippen LogP contribution in [-0.4, -0.2) is 24.1 Å². The molecule has 106 valence electrons. The minimum atomic E-state index is -0.858. The van der Waals surface area contributed by atoms with E-state index in [2.05, 4.69) is 15.3 Å². The van der Waals surface area contributed by atoms with E-state index in [0.717, 1.165) is 11.8 Å². The highest BCUT2D eigenvalue weighted by atomic mass is 19.2. The fourth-order valence-corrected chi connectivity index (χ4v) is 1.93. The zero-order valence-electron chi connectivity index (χ0n) is 11.2. The van der Waals surface area contributed by atoms with E-state index in [-0.39, 0.29) is 6.04 Å². The minimum Gasteiger partial charge on any atom is -0.481 e. The number of likely N-dealkylation sites (N-methyl/N-ethyl adjacent to an activating group) is 1. The molecule has 0 aliphatic carbocycles. The third-order valence-corrected chi connectivity index (χ3v) is 3.02. The molecule has 0 aliphatic rings. The zero-order chi connectivity index (χ0) is 14.5. The Balaban J connectivity index is 2.21. The molecule has 2 rings (SSSR count). The molecule has 1 aromatic carbocycles. The first kappa shape index (κ1) is 14.3. The molecule has 1 unspecified atom stereocenters. The van der Waals surface area contributed by atoms with Gasteiger partial charge in [0.1, 0.15) is 6.33 Å². The van der Waals surface area contributed by atoms with Crippen LogP contribution in [-0.2, 0) is 6.42 Å². The van der Waals surface area contributed by atoms with Gasteiger partial charge in [0.05, 0.1) is 7.11 Å². The lowest BCUT2D eigenvalue weighted by Crippen LogP contribution is -2.19. The largest absolute Gasteiger partial charge is 0.481 e. The van der Waals surface area contributed by atoms with Gasteiger partial charge in [-0.2, -0.15) is 0 Å². The van der Waals surface area contributed by atoms with Crippen LogP contribution in [0.2, 0.25) is 0 Å². The first-order valence-corrected chi connectivity index (χ1v) is 6.11. The van der Waals surface area contributed by atoms with Crippen LogP contribution in [0.3, 0.4) is 0 Å². The summed E-state index contributed by atoms with van der Waals surface area (Å²) >= 11 is 0. The number of nitrogens with zero attached hydrogens (tertiary/aromatic N) is 2. The summed E-state index contributed by atoms with van der Waals surface area (Å²) in [5.74, 6) is -1.24. The van der Waals surface area contributed by atoms with Gasteiger partial charge in [0.25, 0.3) is 0 Å². The number of hydrogen-bond acceptors (Lipinski definition) is 4. The average Bonchev–Trinajstić information content (AvgIpc) is 2.48. The summed E-state index contributed by atoms with van der Waals surface area (Å²) in [6.45, 7) is 0. The van der Waals surface area contributed by atoms with Gasteiger partial charge in [-0.05, 0) is 24.7 Å². The Morgan fingerprint density at radius 1 is 1.20 bits per heavy atom. The van der Waals surface area contributed by atoms with Crippen LogP contribution in [0.4, 0.5) is 8.78 Å². The van der Waals surface area contributed by atoms with E-state index in [1.165, 1.54) is 19.5 Å². The molecule has 0 spiro atoms. The third-order valence-electron chi connectivity index (χ3n) is 3.02. The monoisotopic (exact) mass is 279 g/mol. The maximum atomic E-state index is 13.3. The molecule has 0 bridgehead atoms. The van der Waals surface area contributed by atoms with E-state index in [1.54, 1.807) is 19.2 Å². The number of rotatable bonds is 5. The van der Waals surface area contributed by atoms with Gasteiger partial charge in [-0.25, -0.2) is 18.7 Å². The standard InChI is InChI=1S/C14H15F2N3O/c1-17-13(9-3-4-11(15)12(16)5-9)6-10-7-14(20-2)19-8-18-10/h3-5,7-8,13,17H,6H2,1-2H3. The Morgan fingerprint density at radius 3 is 2.65 bits per heavy atom. The van der Waals surface area contributed by atoms with Crippen LogP contribution in [0.15, 0.2) is 30.6 Å². The van der Waals surface area contributed by atoms with Crippen molar-refractivity contribution < 1.29 is 13.5 Å². The number of aromatic nitrogens is 2. The second kappa shape index (κ2) is 6.38. The Bertz CT molecular complexity index is 592. The lowest BCUT2D eigenvalue weighted by atomic mass is 10.0. The topological polar surface area (TPSA) is 47.0 Å². The summed E-state index contributed by atoms with van der Waals surface area (Å²) in [6, 6.07) is 5.40. The predicted molar refractivity (Wildman–Crippen MR) is 70.4 cm³/mol. The molecule has 2 aromatic rings. The van der Waals surface area contributed by atoms with E-state index in [9.17, 15) is 8.78 Å². The van der Waals surface area contributed by atoms with Crippen molar-refractivity contribution in [2.45, 2.75) is 12.5 Å². The van der Waals surface area contributed by atoms with Crippen LogP contribution in [0, 0.1) is 11.6 Å². The Hall–Kier alpha value is -2.08. The van der Waals surface area contributed by atoms with Gasteiger partial charge in [-0.1, -0.05) is 6.07 Å². The van der Waals surface area contributed by atoms with Crippen molar-refractivity contribution in [1.29, 1.82) is 0 Å². The lowest BCUT2D eigenvalue weighted by Gasteiger charge is -2.16. The molecule has 4 nitrogen and oxygen atoms in total. The van der Waals surface area contributed by atoms with Crippen LogP contribution in [0.25, 0.3) is 0 Å². The van der Waals surface area contributed by atoms with Gasteiger partial charge in [-0.15, -0.1) is 0 Å². The van der Waals surface area contributed by atoms with Gasteiger partial charge in [0, 0.05) is 24.2 Å². The SMILES string of the molecule is CNC(Cc1cc(OC)ncn1)c1ccc(F)c(F)c1. The van der Waals surface area contributed by atoms with Crippen LogP contribution in [0.5, 0.6) is 5.88 Å². The molecule has 0 amide bonds. The summed E-state index contributed by atoms with van der Waals surface area (Å²) in [6.07, 6.45) is 1.92. The van der Waals surface area contributed by atoms with Gasteiger partial charge in [0.15, 0.2) is 11.6 Å². The molecule has 0 aliphatic heterocycles. The fourth-order valence-electron chi connectivity index (χ4n) is 1.93. The first-order valence-electron chi connectivity index (χ1n) is 6.11. The summed E-state index contributed by atoms with van der Waals surface area (Å²) in [5.41, 5.74) is 1.41. The molecule has 0 saturated carbocycles. The second-order valence-electron chi connectivity index (χ2n) is 4.27. The van der Waals surface area contributed by atoms with Crippen molar-refractivity contribution in [1.82, 2.24) is 15.3 Å². The second-order valence-corrected chi connectivity index (χ2v) is 4.27. The summed E-state index contributed by atoms with van der Waals surface area (Å²) in [5, 5.41) is 3.06. The first-order chi connectivity index (χ1) is 9.63. The van der Waals surface area contributed by atoms with Crippen molar-refractivity contribution in [3.05, 3.63) is 53.5 Å². The number of methoxy groups -OCH3 is 1. The highest BCUT2D eigenvalue weighted by molar-refractivity contribution is 5.24. The van der Waals surface area contributed by atoms with Gasteiger partial charge >= 0.3 is 0 Å². The summed E-state index contributed by atoms with van der Waals surface area (Å²) in [4.78, 5) is 8.07. The zero-order valence-corrected chi connectivity index (χ0v) is 11.2. The summed E-state index contributed by atoms with van der Waals surface area (Å²) < 4.78 is 31.3.